The van der Waals surface area contributed by atoms with E-state index in [1.54, 1.807) is 0 Å². The minimum absolute atomic E-state index is 0.000275. The Morgan fingerprint density at radius 1 is 1.24 bits per heavy atom. The summed E-state index contributed by atoms with van der Waals surface area (Å²) in [5, 5.41) is 11.9. The molecule has 0 aromatic heterocycles. The maximum atomic E-state index is 12.9. The summed E-state index contributed by atoms with van der Waals surface area (Å²) in [5.41, 5.74) is 3.87. The minimum Gasteiger partial charge on any atom is -0.480 e. The highest BCUT2D eigenvalue weighted by atomic mass is 28.3. The molecule has 0 heterocycles. The lowest BCUT2D eigenvalue weighted by molar-refractivity contribution is -0.141. The van der Waals surface area contributed by atoms with Gasteiger partial charge in [-0.3, -0.25) is 4.79 Å². The van der Waals surface area contributed by atoms with Gasteiger partial charge in [-0.25, -0.2) is 9.18 Å². The number of amides is 1. The van der Waals surface area contributed by atoms with Gasteiger partial charge in [0.05, 0.1) is 6.42 Å². The van der Waals surface area contributed by atoms with Crippen molar-refractivity contribution in [3.8, 4) is 11.5 Å². The van der Waals surface area contributed by atoms with Gasteiger partial charge in [-0.05, 0) is 22.7 Å². The van der Waals surface area contributed by atoms with E-state index in [0.29, 0.717) is 5.56 Å². The number of halogens is 1. The van der Waals surface area contributed by atoms with Crippen LogP contribution in [-0.2, 0) is 16.0 Å². The van der Waals surface area contributed by atoms with E-state index in [1.807, 2.05) is 0 Å². The number of nitrogens with one attached hydrogen (secondary N) is 1. The molecule has 0 unspecified atom stereocenters. The predicted octanol–water partition coefficient (Wildman–Crippen LogP) is 3.38. The highest BCUT2D eigenvalue weighted by molar-refractivity contribution is 6.87. The molecule has 1 atom stereocenters. The van der Waals surface area contributed by atoms with E-state index >= 15 is 0 Å². The zero-order valence-electron chi connectivity index (χ0n) is 15.4. The van der Waals surface area contributed by atoms with Gasteiger partial charge in [0.25, 0.3) is 0 Å². The fraction of sp³-hybridized carbons (Fsp3) is 0.474. The van der Waals surface area contributed by atoms with Crippen LogP contribution in [0.25, 0.3) is 0 Å². The van der Waals surface area contributed by atoms with Gasteiger partial charge >= 0.3 is 5.97 Å². The van der Waals surface area contributed by atoms with Gasteiger partial charge in [0.1, 0.15) is 19.9 Å². The summed E-state index contributed by atoms with van der Waals surface area (Å²) in [6, 6.07) is 4.48. The molecule has 2 N–H and O–H groups in total. The zero-order valence-corrected chi connectivity index (χ0v) is 16.4. The number of hydrogen-bond donors (Lipinski definition) is 2. The molecule has 0 aliphatic rings. The average Bonchev–Trinajstić information content (AvgIpc) is 2.47. The SMILES string of the molecule is CC(C)(C)[Si](C)(C)C#CC[C@H](NC(=O)Cc1ccc(F)cc1)C(=O)O. The minimum atomic E-state index is -1.82. The molecule has 0 fully saturated rings. The van der Waals surface area contributed by atoms with E-state index in [4.69, 9.17) is 0 Å². The highest BCUT2D eigenvalue weighted by Gasteiger charge is 2.33. The van der Waals surface area contributed by atoms with Crippen LogP contribution in [0.15, 0.2) is 24.3 Å². The Hall–Kier alpha value is -2.13. The number of hydrogen-bond acceptors (Lipinski definition) is 2. The largest absolute Gasteiger partial charge is 0.480 e. The van der Waals surface area contributed by atoms with Crippen LogP contribution in [0.2, 0.25) is 18.1 Å². The van der Waals surface area contributed by atoms with Gasteiger partial charge in [-0.1, -0.05) is 46.0 Å². The Morgan fingerprint density at radius 2 is 1.80 bits per heavy atom. The summed E-state index contributed by atoms with van der Waals surface area (Å²) in [6.07, 6.45) is 0.0662. The number of benzene rings is 1. The van der Waals surface area contributed by atoms with Crippen molar-refractivity contribution < 1.29 is 19.1 Å². The molecule has 1 rings (SSSR count). The Morgan fingerprint density at radius 3 is 2.28 bits per heavy atom. The van der Waals surface area contributed by atoms with Crippen molar-refractivity contribution in [1.29, 1.82) is 0 Å². The van der Waals surface area contributed by atoms with E-state index in [2.05, 4.69) is 50.6 Å². The van der Waals surface area contributed by atoms with Crippen LogP contribution < -0.4 is 5.32 Å². The molecule has 0 aliphatic heterocycles. The summed E-state index contributed by atoms with van der Waals surface area (Å²) in [5.74, 6) is 1.04. The summed E-state index contributed by atoms with van der Waals surface area (Å²) in [7, 11) is -1.82. The third kappa shape index (κ3) is 6.71. The molecule has 0 saturated carbocycles. The van der Waals surface area contributed by atoms with Crippen LogP contribution in [0.4, 0.5) is 4.39 Å². The number of carboxylic acids is 1. The molecule has 4 nitrogen and oxygen atoms in total. The van der Waals surface area contributed by atoms with Crippen LogP contribution in [0.5, 0.6) is 0 Å². The van der Waals surface area contributed by atoms with E-state index in [-0.39, 0.29) is 23.7 Å². The monoisotopic (exact) mass is 363 g/mol. The zero-order chi connectivity index (χ0) is 19.3. The van der Waals surface area contributed by atoms with E-state index in [1.165, 1.54) is 24.3 Å². The lowest BCUT2D eigenvalue weighted by Gasteiger charge is -2.31. The number of carbonyl (C=O) groups is 2. The van der Waals surface area contributed by atoms with Crippen molar-refractivity contribution in [2.75, 3.05) is 0 Å². The number of rotatable bonds is 5. The van der Waals surface area contributed by atoms with Crippen molar-refractivity contribution in [3.05, 3.63) is 35.6 Å². The van der Waals surface area contributed by atoms with Gasteiger partial charge in [0.15, 0.2) is 0 Å². The molecular formula is C19H26FNO3Si. The summed E-state index contributed by atoms with van der Waals surface area (Å²) in [4.78, 5) is 23.4. The molecule has 0 radical (unpaired) electrons. The first kappa shape index (κ1) is 20.9. The standard InChI is InChI=1S/C19H26FNO3Si/c1-19(2,3)25(4,5)12-6-7-16(18(23)24)21-17(22)13-14-8-10-15(20)11-9-14/h8-11,16H,7,13H2,1-5H3,(H,21,22)(H,23,24)/t16-/m0/s1. The Bertz CT molecular complexity index is 681. The van der Waals surface area contributed by atoms with Gasteiger partial charge in [0, 0.05) is 6.42 Å². The van der Waals surface area contributed by atoms with Crippen molar-refractivity contribution in [3.63, 3.8) is 0 Å². The third-order valence-electron chi connectivity index (χ3n) is 4.49. The number of carbonyl (C=O) groups excluding carboxylic acids is 1. The second-order valence-electron chi connectivity index (χ2n) is 7.64. The van der Waals surface area contributed by atoms with Crippen LogP contribution in [0, 0.1) is 17.3 Å². The normalized spacial score (nSPS) is 12.7. The van der Waals surface area contributed by atoms with Crippen LogP contribution >= 0.6 is 0 Å². The fourth-order valence-corrected chi connectivity index (χ4v) is 2.71. The molecule has 1 amide bonds. The van der Waals surface area contributed by atoms with Crippen molar-refractivity contribution in [2.24, 2.45) is 0 Å². The first-order valence-electron chi connectivity index (χ1n) is 8.19. The molecule has 136 valence electrons. The first-order chi connectivity index (χ1) is 11.4. The summed E-state index contributed by atoms with van der Waals surface area (Å²) < 4.78 is 12.9. The van der Waals surface area contributed by atoms with Crippen LogP contribution in [-0.4, -0.2) is 31.1 Å². The molecule has 0 saturated heterocycles. The van der Waals surface area contributed by atoms with Crippen LogP contribution in [0.1, 0.15) is 32.8 Å². The smallest absolute Gasteiger partial charge is 0.327 e. The highest BCUT2D eigenvalue weighted by Crippen LogP contribution is 2.35. The fourth-order valence-electron chi connectivity index (χ4n) is 1.79. The second-order valence-corrected chi connectivity index (χ2v) is 12.6. The van der Waals surface area contributed by atoms with Gasteiger partial charge in [-0.15, -0.1) is 11.5 Å². The molecule has 25 heavy (non-hydrogen) atoms. The molecule has 6 heteroatoms. The first-order valence-corrected chi connectivity index (χ1v) is 11.2. The quantitative estimate of drug-likeness (QED) is 0.622. The van der Waals surface area contributed by atoms with Gasteiger partial charge in [-0.2, -0.15) is 0 Å². The molecule has 1 aromatic carbocycles. The molecule has 1 aromatic rings. The van der Waals surface area contributed by atoms with E-state index < -0.39 is 26.0 Å². The molecular weight excluding hydrogens is 337 g/mol. The number of aliphatic carboxylic acids is 1. The molecule has 0 spiro atoms. The predicted molar refractivity (Wildman–Crippen MR) is 99.3 cm³/mol. The molecule has 0 bridgehead atoms. The van der Waals surface area contributed by atoms with Crippen molar-refractivity contribution in [2.45, 2.75) is 57.8 Å². The van der Waals surface area contributed by atoms with Crippen LogP contribution in [0.3, 0.4) is 0 Å². The van der Waals surface area contributed by atoms with Crippen molar-refractivity contribution in [1.82, 2.24) is 5.32 Å². The second kappa shape index (κ2) is 8.30. The maximum absolute atomic E-state index is 12.9. The lowest BCUT2D eigenvalue weighted by Crippen LogP contribution is -2.41. The Balaban J connectivity index is 2.71. The topological polar surface area (TPSA) is 66.4 Å². The van der Waals surface area contributed by atoms with Crippen molar-refractivity contribution >= 4 is 20.0 Å². The summed E-state index contributed by atoms with van der Waals surface area (Å²) in [6.45, 7) is 10.7. The summed E-state index contributed by atoms with van der Waals surface area (Å²) >= 11 is 0. The van der Waals surface area contributed by atoms with Gasteiger partial charge in [0.2, 0.25) is 5.91 Å². The molecule has 0 aliphatic carbocycles. The van der Waals surface area contributed by atoms with E-state index in [0.717, 1.165) is 0 Å². The Kier molecular flexibility index (Phi) is 6.94. The third-order valence-corrected chi connectivity index (χ3v) is 9.05. The average molecular weight is 364 g/mol. The lowest BCUT2D eigenvalue weighted by atomic mass is 10.1. The Labute approximate surface area is 149 Å². The van der Waals surface area contributed by atoms with E-state index in [9.17, 15) is 19.1 Å². The van der Waals surface area contributed by atoms with Gasteiger partial charge < -0.3 is 10.4 Å². The number of carboxylic acid groups (broad SMARTS) is 1. The maximum Gasteiger partial charge on any atom is 0.327 e.